The Bertz CT molecular complexity index is 2520. The molecule has 0 atom stereocenters. The number of hydrogen-bond acceptors (Lipinski definition) is 0. The number of aromatic nitrogens is 2. The van der Waals surface area contributed by atoms with E-state index in [1.54, 1.807) is 0 Å². The summed E-state index contributed by atoms with van der Waals surface area (Å²) < 4.78 is 19.7. The number of fused-ring (bicyclic) bond motifs is 11. The zero-order valence-corrected chi connectivity index (χ0v) is 20.4. The third-order valence-electron chi connectivity index (χ3n) is 8.09. The van der Waals surface area contributed by atoms with E-state index in [0.29, 0.717) is 0 Å². The van der Waals surface area contributed by atoms with Crippen molar-refractivity contribution in [2.24, 2.45) is 0 Å². The minimum Gasteiger partial charge on any atom is -0.354 e. The summed E-state index contributed by atoms with van der Waals surface area (Å²) in [5.74, 6) is 0. The average Bonchev–Trinajstić information content (AvgIpc) is 3.53. The summed E-state index contributed by atoms with van der Waals surface area (Å²) in [6, 6.07) is 41.0. The van der Waals surface area contributed by atoms with Crippen molar-refractivity contribution in [2.45, 2.75) is 0 Å². The summed E-state index contributed by atoms with van der Waals surface area (Å²) in [7, 11) is 0. The smallest absolute Gasteiger partial charge is 0.0629 e. The van der Waals surface area contributed by atoms with Crippen LogP contribution in [0.3, 0.4) is 0 Å². The SMILES string of the molecule is [2H]c1c([2H])c2ccc(-n3c4cc5[nH]c6ccccc6c5cc4c4c5ccccc5ccc43)cc2c2ccccc12. The second-order valence-corrected chi connectivity index (χ2v) is 10.1. The normalized spacial score (nSPS) is 12.9. The predicted molar refractivity (Wildman–Crippen MR) is 163 cm³/mol. The number of aromatic amines is 1. The summed E-state index contributed by atoms with van der Waals surface area (Å²) in [4.78, 5) is 3.64. The van der Waals surface area contributed by atoms with Crippen molar-refractivity contribution in [1.82, 2.24) is 9.55 Å². The zero-order valence-electron chi connectivity index (χ0n) is 22.4. The van der Waals surface area contributed by atoms with Gasteiger partial charge in [-0.25, -0.2) is 0 Å². The average molecular weight is 485 g/mol. The molecule has 0 spiro atoms. The molecule has 0 bridgehead atoms. The number of nitrogens with zero attached hydrogens (tertiary/aromatic N) is 1. The van der Waals surface area contributed by atoms with E-state index in [1.165, 1.54) is 32.3 Å². The lowest BCUT2D eigenvalue weighted by molar-refractivity contribution is 1.19. The quantitative estimate of drug-likeness (QED) is 0.224. The largest absolute Gasteiger partial charge is 0.354 e. The molecule has 1 N–H and O–H groups in total. The minimum absolute atomic E-state index is 0.272. The van der Waals surface area contributed by atoms with Gasteiger partial charge in [0.05, 0.1) is 13.8 Å². The summed E-state index contributed by atoms with van der Waals surface area (Å²) in [6.45, 7) is 0. The van der Waals surface area contributed by atoms with Gasteiger partial charge in [-0.3, -0.25) is 0 Å². The molecule has 0 saturated carbocycles. The van der Waals surface area contributed by atoms with Crippen molar-refractivity contribution in [3.8, 4) is 5.69 Å². The molecule has 0 radical (unpaired) electrons. The molecule has 38 heavy (non-hydrogen) atoms. The van der Waals surface area contributed by atoms with Gasteiger partial charge in [-0.15, -0.1) is 0 Å². The van der Waals surface area contributed by atoms with Gasteiger partial charge in [-0.1, -0.05) is 90.9 Å². The lowest BCUT2D eigenvalue weighted by atomic mass is 10.0. The summed E-state index contributed by atoms with van der Waals surface area (Å²) in [5.41, 5.74) is 5.58. The Labute approximate surface area is 221 Å². The number of para-hydroxylation sites is 1. The van der Waals surface area contributed by atoms with Crippen LogP contribution < -0.4 is 0 Å². The predicted octanol–water partition coefficient (Wildman–Crippen LogP) is 9.88. The maximum Gasteiger partial charge on any atom is 0.0629 e. The fraction of sp³-hybridized carbons (Fsp3) is 0. The van der Waals surface area contributed by atoms with E-state index in [-0.39, 0.29) is 12.1 Å². The van der Waals surface area contributed by atoms with Gasteiger partial charge >= 0.3 is 0 Å². The van der Waals surface area contributed by atoms with E-state index in [4.69, 9.17) is 2.74 Å². The molecular weight excluding hydrogens is 460 g/mol. The van der Waals surface area contributed by atoms with Crippen LogP contribution in [0, 0.1) is 0 Å². The molecule has 2 nitrogen and oxygen atoms in total. The highest BCUT2D eigenvalue weighted by Gasteiger charge is 2.17. The summed E-state index contributed by atoms with van der Waals surface area (Å²) in [5, 5.41) is 11.0. The number of H-pyrrole nitrogens is 1. The van der Waals surface area contributed by atoms with Crippen molar-refractivity contribution in [1.29, 1.82) is 0 Å². The minimum atomic E-state index is 0.272. The van der Waals surface area contributed by atoms with Crippen molar-refractivity contribution in [3.63, 3.8) is 0 Å². The fourth-order valence-electron chi connectivity index (χ4n) is 6.37. The number of hydrogen-bond donors (Lipinski definition) is 1. The molecule has 9 rings (SSSR count). The van der Waals surface area contributed by atoms with Gasteiger partial charge in [0, 0.05) is 38.3 Å². The Morgan fingerprint density at radius 2 is 1.18 bits per heavy atom. The van der Waals surface area contributed by atoms with Crippen LogP contribution >= 0.6 is 0 Å². The van der Waals surface area contributed by atoms with Crippen LogP contribution in [0.25, 0.3) is 81.6 Å². The third-order valence-corrected chi connectivity index (χ3v) is 8.09. The Morgan fingerprint density at radius 1 is 0.474 bits per heavy atom. The van der Waals surface area contributed by atoms with Gasteiger partial charge in [0.15, 0.2) is 0 Å². The van der Waals surface area contributed by atoms with Gasteiger partial charge in [0.1, 0.15) is 0 Å². The number of benzene rings is 7. The van der Waals surface area contributed by atoms with E-state index >= 15 is 0 Å². The van der Waals surface area contributed by atoms with E-state index in [0.717, 1.165) is 49.3 Å². The van der Waals surface area contributed by atoms with Crippen LogP contribution in [0.2, 0.25) is 0 Å². The zero-order chi connectivity index (χ0) is 26.5. The highest BCUT2D eigenvalue weighted by Crippen LogP contribution is 2.40. The van der Waals surface area contributed by atoms with Gasteiger partial charge in [0.25, 0.3) is 0 Å². The van der Waals surface area contributed by atoms with Gasteiger partial charge in [-0.2, -0.15) is 0 Å². The molecule has 2 heteroatoms. The Hall–Kier alpha value is -5.08. The van der Waals surface area contributed by atoms with E-state index in [9.17, 15) is 0 Å². The van der Waals surface area contributed by atoms with E-state index in [1.807, 2.05) is 24.3 Å². The molecular formula is C36H22N2. The molecule has 2 aromatic heterocycles. The molecule has 7 aromatic carbocycles. The Kier molecular flexibility index (Phi) is 3.47. The van der Waals surface area contributed by atoms with E-state index in [2.05, 4.69) is 101 Å². The molecule has 0 aliphatic rings. The first kappa shape index (κ1) is 18.2. The van der Waals surface area contributed by atoms with Crippen molar-refractivity contribution in [2.75, 3.05) is 0 Å². The van der Waals surface area contributed by atoms with Crippen LogP contribution in [0.5, 0.6) is 0 Å². The molecule has 2 heterocycles. The van der Waals surface area contributed by atoms with Crippen molar-refractivity contribution >= 4 is 75.9 Å². The summed E-state index contributed by atoms with van der Waals surface area (Å²) in [6.07, 6.45) is 0. The van der Waals surface area contributed by atoms with Crippen LogP contribution in [0.4, 0.5) is 0 Å². The second kappa shape index (κ2) is 7.24. The lowest BCUT2D eigenvalue weighted by Crippen LogP contribution is -1.94. The van der Waals surface area contributed by atoms with Crippen LogP contribution in [-0.4, -0.2) is 9.55 Å². The highest BCUT2D eigenvalue weighted by molar-refractivity contribution is 6.25. The first-order valence-electron chi connectivity index (χ1n) is 14.0. The molecule has 0 aliphatic heterocycles. The molecule has 0 aliphatic carbocycles. The first-order valence-corrected chi connectivity index (χ1v) is 13.0. The van der Waals surface area contributed by atoms with Gasteiger partial charge < -0.3 is 9.55 Å². The monoisotopic (exact) mass is 484 g/mol. The Morgan fingerprint density at radius 3 is 2.08 bits per heavy atom. The molecule has 176 valence electrons. The fourth-order valence-corrected chi connectivity index (χ4v) is 6.37. The van der Waals surface area contributed by atoms with Crippen molar-refractivity contribution < 1.29 is 2.74 Å². The van der Waals surface area contributed by atoms with Crippen LogP contribution in [-0.2, 0) is 0 Å². The number of nitrogens with one attached hydrogen (secondary N) is 1. The molecule has 9 aromatic rings. The summed E-state index contributed by atoms with van der Waals surface area (Å²) >= 11 is 0. The molecule has 0 amide bonds. The number of rotatable bonds is 1. The third kappa shape index (κ3) is 2.61. The molecule has 0 unspecified atom stereocenters. The Balaban J connectivity index is 1.47. The van der Waals surface area contributed by atoms with Crippen LogP contribution in [0.1, 0.15) is 2.74 Å². The molecule has 0 saturated heterocycles. The van der Waals surface area contributed by atoms with E-state index < -0.39 is 0 Å². The molecule has 0 fully saturated rings. The highest BCUT2D eigenvalue weighted by atomic mass is 15.0. The van der Waals surface area contributed by atoms with Crippen molar-refractivity contribution in [3.05, 3.63) is 127 Å². The van der Waals surface area contributed by atoms with Gasteiger partial charge in [0.2, 0.25) is 0 Å². The maximum absolute atomic E-state index is 8.71. The lowest BCUT2D eigenvalue weighted by Gasteiger charge is -2.11. The second-order valence-electron chi connectivity index (χ2n) is 10.1. The first-order chi connectivity index (χ1) is 19.7. The van der Waals surface area contributed by atoms with Gasteiger partial charge in [-0.05, 0) is 68.7 Å². The van der Waals surface area contributed by atoms with Crippen LogP contribution in [0.15, 0.2) is 127 Å². The maximum atomic E-state index is 8.71. The topological polar surface area (TPSA) is 20.7 Å². The standard InChI is InChI=1S/C36H22N2/c1-3-9-26-22(7-1)13-14-24-15-17-25(19-29(24)26)38-34-18-16-23-8-2-4-10-27(23)36(34)31-20-30-28-11-5-6-12-32(28)37-33(30)21-35(31)38/h1-21,37H/i13D,14D.